The number of hydrogen-bond acceptors (Lipinski definition) is 7. The molecule has 0 fully saturated rings. The maximum Gasteiger partial charge on any atom is 0.164 e. The van der Waals surface area contributed by atoms with Crippen LogP contribution in [0.3, 0.4) is 0 Å². The molecule has 7 heteroatoms. The van der Waals surface area contributed by atoms with E-state index in [-0.39, 0.29) is 0 Å². The first kappa shape index (κ1) is 37.5. The molecule has 10 rings (SSSR count). The molecule has 8 aromatic carbocycles. The summed E-state index contributed by atoms with van der Waals surface area (Å²) >= 11 is 0. The Morgan fingerprint density at radius 3 is 1.15 bits per heavy atom. The van der Waals surface area contributed by atoms with Gasteiger partial charge in [0.2, 0.25) is 0 Å². The second-order valence-electron chi connectivity index (χ2n) is 14.7. The van der Waals surface area contributed by atoms with E-state index in [1.54, 1.807) is 0 Å². The molecular weight excluding hydrogens is 759 g/mol. The summed E-state index contributed by atoms with van der Waals surface area (Å²) in [6.07, 6.45) is 0. The Hall–Kier alpha value is -8.73. The van der Waals surface area contributed by atoms with E-state index in [0.29, 0.717) is 40.5 Å². The van der Waals surface area contributed by atoms with Gasteiger partial charge in [0.15, 0.2) is 34.9 Å². The van der Waals surface area contributed by atoms with Crippen molar-refractivity contribution >= 4 is 0 Å². The monoisotopic (exact) mass is 793 g/mol. The minimum absolute atomic E-state index is 0.531. The van der Waals surface area contributed by atoms with Gasteiger partial charge in [-0.2, -0.15) is 5.26 Å². The molecule has 62 heavy (non-hydrogen) atoms. The highest BCUT2D eigenvalue weighted by molar-refractivity contribution is 5.93. The maximum absolute atomic E-state index is 9.66. The average Bonchev–Trinajstić information content (AvgIpc) is 3.37. The number of benzene rings is 8. The van der Waals surface area contributed by atoms with E-state index >= 15 is 0 Å². The van der Waals surface area contributed by atoms with Crippen LogP contribution in [0.1, 0.15) is 5.56 Å². The quantitative estimate of drug-likeness (QED) is 0.143. The molecule has 7 nitrogen and oxygen atoms in total. The molecule has 290 valence electrons. The Kier molecular flexibility index (Phi) is 10.2. The van der Waals surface area contributed by atoms with Crippen LogP contribution in [-0.2, 0) is 0 Å². The predicted molar refractivity (Wildman–Crippen MR) is 247 cm³/mol. The molecule has 0 saturated carbocycles. The highest BCUT2D eigenvalue weighted by atomic mass is 15.0. The topological polar surface area (TPSA) is 101 Å². The first-order valence-corrected chi connectivity index (χ1v) is 20.3. The molecule has 0 saturated heterocycles. The van der Waals surface area contributed by atoms with Crippen molar-refractivity contribution in [1.82, 2.24) is 29.9 Å². The van der Waals surface area contributed by atoms with Crippen LogP contribution in [0.25, 0.3) is 102 Å². The van der Waals surface area contributed by atoms with Crippen molar-refractivity contribution in [2.75, 3.05) is 0 Å². The lowest BCUT2D eigenvalue weighted by atomic mass is 9.89. The van der Waals surface area contributed by atoms with Crippen LogP contribution in [0.5, 0.6) is 0 Å². The number of nitrogens with zero attached hydrogens (tertiary/aromatic N) is 7. The minimum Gasteiger partial charge on any atom is -0.208 e. The van der Waals surface area contributed by atoms with Crippen molar-refractivity contribution in [3.05, 3.63) is 218 Å². The van der Waals surface area contributed by atoms with Gasteiger partial charge in [-0.1, -0.05) is 188 Å². The lowest BCUT2D eigenvalue weighted by Gasteiger charge is -2.17. The van der Waals surface area contributed by atoms with Crippen molar-refractivity contribution in [3.63, 3.8) is 0 Å². The van der Waals surface area contributed by atoms with Crippen LogP contribution in [0.4, 0.5) is 0 Å². The highest BCUT2D eigenvalue weighted by Crippen LogP contribution is 2.40. The summed E-state index contributed by atoms with van der Waals surface area (Å²) in [5, 5.41) is 9.66. The second kappa shape index (κ2) is 16.9. The number of aromatic nitrogens is 6. The summed E-state index contributed by atoms with van der Waals surface area (Å²) in [7, 11) is 0. The van der Waals surface area contributed by atoms with Crippen LogP contribution in [0.15, 0.2) is 212 Å². The van der Waals surface area contributed by atoms with Gasteiger partial charge < -0.3 is 0 Å². The van der Waals surface area contributed by atoms with Crippen LogP contribution < -0.4 is 0 Å². The molecule has 0 spiro atoms. The van der Waals surface area contributed by atoms with Crippen molar-refractivity contribution in [2.45, 2.75) is 0 Å². The molecule has 2 aromatic heterocycles. The van der Waals surface area contributed by atoms with Gasteiger partial charge in [-0.05, 0) is 57.6 Å². The van der Waals surface area contributed by atoms with Gasteiger partial charge in [-0.3, -0.25) is 0 Å². The normalized spacial score (nSPS) is 10.9. The number of nitriles is 1. The lowest BCUT2D eigenvalue weighted by molar-refractivity contribution is 1.07. The highest BCUT2D eigenvalue weighted by Gasteiger charge is 2.20. The van der Waals surface area contributed by atoms with E-state index in [1.807, 2.05) is 164 Å². The lowest BCUT2D eigenvalue weighted by Crippen LogP contribution is -2.02. The fraction of sp³-hybridized carbons (Fsp3) is 0. The summed E-state index contributed by atoms with van der Waals surface area (Å²) < 4.78 is 0. The molecule has 0 unspecified atom stereocenters. The van der Waals surface area contributed by atoms with Crippen LogP contribution in [0.2, 0.25) is 0 Å². The van der Waals surface area contributed by atoms with Gasteiger partial charge >= 0.3 is 0 Å². The van der Waals surface area contributed by atoms with Gasteiger partial charge in [0.1, 0.15) is 0 Å². The molecule has 10 aromatic rings. The Morgan fingerprint density at radius 2 is 0.629 bits per heavy atom. The van der Waals surface area contributed by atoms with Gasteiger partial charge in [0.05, 0.1) is 11.6 Å². The van der Waals surface area contributed by atoms with Crippen molar-refractivity contribution in [1.29, 1.82) is 5.26 Å². The first-order chi connectivity index (χ1) is 30.7. The molecule has 0 aliphatic rings. The van der Waals surface area contributed by atoms with Crippen LogP contribution in [-0.4, -0.2) is 29.9 Å². The Balaban J connectivity index is 1.18. The molecule has 0 atom stereocenters. The Labute approximate surface area is 359 Å². The summed E-state index contributed by atoms with van der Waals surface area (Å²) in [5.74, 6) is 3.36. The fourth-order valence-corrected chi connectivity index (χ4v) is 7.54. The van der Waals surface area contributed by atoms with E-state index in [1.165, 1.54) is 0 Å². The van der Waals surface area contributed by atoms with Gasteiger partial charge in [-0.25, -0.2) is 29.9 Å². The Bertz CT molecular complexity index is 3160. The SMILES string of the molecule is N#Cc1ccc(-c2ccc(-c3nc(-c4ccccc4)nc(-c4ccccc4)n3)cc2-c2ccccc2-c2nc(-c3ccccc3)nc(-c3cccc(-c4ccccc4)c3)n2)cc1. The molecule has 0 N–H and O–H groups in total. The summed E-state index contributed by atoms with van der Waals surface area (Å²) in [4.78, 5) is 30.5. The van der Waals surface area contributed by atoms with E-state index in [0.717, 1.165) is 66.8 Å². The van der Waals surface area contributed by atoms with Crippen LogP contribution in [0, 0.1) is 11.3 Å². The zero-order valence-corrected chi connectivity index (χ0v) is 33.3. The molecular formula is C55H35N7. The second-order valence-corrected chi connectivity index (χ2v) is 14.7. The molecule has 0 aliphatic carbocycles. The van der Waals surface area contributed by atoms with E-state index in [9.17, 15) is 5.26 Å². The number of rotatable bonds is 9. The maximum atomic E-state index is 9.66. The van der Waals surface area contributed by atoms with Crippen molar-refractivity contribution in [3.8, 4) is 108 Å². The smallest absolute Gasteiger partial charge is 0.164 e. The summed E-state index contributed by atoms with van der Waals surface area (Å²) in [5.41, 5.74) is 11.7. The largest absolute Gasteiger partial charge is 0.208 e. The first-order valence-electron chi connectivity index (χ1n) is 20.3. The molecule has 0 radical (unpaired) electrons. The van der Waals surface area contributed by atoms with Crippen molar-refractivity contribution < 1.29 is 0 Å². The Morgan fingerprint density at radius 1 is 0.242 bits per heavy atom. The molecule has 0 bridgehead atoms. The van der Waals surface area contributed by atoms with Gasteiger partial charge in [0, 0.05) is 33.4 Å². The average molecular weight is 794 g/mol. The minimum atomic E-state index is 0.531. The van der Waals surface area contributed by atoms with Gasteiger partial charge in [0.25, 0.3) is 0 Å². The third-order valence-electron chi connectivity index (χ3n) is 10.7. The predicted octanol–water partition coefficient (Wildman–Crippen LogP) is 12.9. The van der Waals surface area contributed by atoms with E-state index in [2.05, 4.69) is 54.6 Å². The molecule has 0 amide bonds. The van der Waals surface area contributed by atoms with Gasteiger partial charge in [-0.15, -0.1) is 0 Å². The zero-order valence-electron chi connectivity index (χ0n) is 33.3. The van der Waals surface area contributed by atoms with E-state index < -0.39 is 0 Å². The number of hydrogen-bond donors (Lipinski definition) is 0. The third-order valence-corrected chi connectivity index (χ3v) is 10.7. The zero-order chi connectivity index (χ0) is 41.7. The van der Waals surface area contributed by atoms with Crippen molar-refractivity contribution in [2.24, 2.45) is 0 Å². The van der Waals surface area contributed by atoms with Crippen LogP contribution >= 0.6 is 0 Å². The van der Waals surface area contributed by atoms with E-state index in [4.69, 9.17) is 29.9 Å². The summed E-state index contributed by atoms with van der Waals surface area (Å²) in [6, 6.07) is 72.9. The molecule has 0 aliphatic heterocycles. The fourth-order valence-electron chi connectivity index (χ4n) is 7.54. The molecule has 2 heterocycles. The third kappa shape index (κ3) is 7.75. The summed E-state index contributed by atoms with van der Waals surface area (Å²) in [6.45, 7) is 0. The standard InChI is InChI=1S/C55H35N7/c56-36-37-28-30-39(31-29-37)46-33-32-45(54-58-50(40-18-7-2-8-19-40)57-51(59-54)41-20-9-3-10-21-41)35-49(46)47-26-13-14-27-48(47)55-61-52(42-22-11-4-12-23-42)60-53(62-55)44-25-15-24-43(34-44)38-16-5-1-6-17-38/h1-35H.